The number of carbonyl (C=O) groups excluding carboxylic acids is 2. The number of anilines is 1. The molecule has 2 heterocycles. The van der Waals surface area contributed by atoms with Gasteiger partial charge in [-0.3, -0.25) is 9.59 Å². The Balaban J connectivity index is 1.46. The molecule has 3 rings (SSSR count). The molecule has 7 heteroatoms. The van der Waals surface area contributed by atoms with E-state index >= 15 is 0 Å². The minimum atomic E-state index is -0.0852. The number of carbonyl (C=O) groups is 2. The van der Waals surface area contributed by atoms with Gasteiger partial charge in [-0.15, -0.1) is 11.8 Å². The lowest BCUT2D eigenvalue weighted by molar-refractivity contribution is -0.113. The van der Waals surface area contributed by atoms with Gasteiger partial charge in [0.05, 0.1) is 11.4 Å². The summed E-state index contributed by atoms with van der Waals surface area (Å²) >= 11 is 1.50. The number of benzene rings is 1. The summed E-state index contributed by atoms with van der Waals surface area (Å²) in [7, 11) is 0. The molecule has 0 bridgehead atoms. The van der Waals surface area contributed by atoms with Gasteiger partial charge in [0.2, 0.25) is 5.91 Å². The van der Waals surface area contributed by atoms with Crippen molar-refractivity contribution in [2.75, 3.05) is 50.3 Å². The van der Waals surface area contributed by atoms with Gasteiger partial charge in [-0.1, -0.05) is 0 Å². The molecule has 0 spiro atoms. The van der Waals surface area contributed by atoms with E-state index in [4.69, 9.17) is 0 Å². The second-order valence-electron chi connectivity index (χ2n) is 5.75. The van der Waals surface area contributed by atoms with E-state index in [0.29, 0.717) is 17.9 Å². The van der Waals surface area contributed by atoms with E-state index in [0.717, 1.165) is 49.7 Å². The van der Waals surface area contributed by atoms with E-state index in [-0.39, 0.29) is 11.8 Å². The molecular formula is C16H22N4O2S. The molecule has 6 nitrogen and oxygen atoms in total. The first kappa shape index (κ1) is 16.3. The number of hydrogen-bond acceptors (Lipinski definition) is 5. The number of thioether (sulfide) groups is 1. The lowest BCUT2D eigenvalue weighted by Crippen LogP contribution is -2.44. The van der Waals surface area contributed by atoms with Crippen LogP contribution in [0.2, 0.25) is 0 Å². The zero-order chi connectivity index (χ0) is 16.1. The Kier molecular flexibility index (Phi) is 5.53. The number of fused-ring (bicyclic) bond motifs is 1. The van der Waals surface area contributed by atoms with Crippen LogP contribution in [0.5, 0.6) is 0 Å². The van der Waals surface area contributed by atoms with Gasteiger partial charge in [-0.25, -0.2) is 0 Å². The predicted molar refractivity (Wildman–Crippen MR) is 92.1 cm³/mol. The summed E-state index contributed by atoms with van der Waals surface area (Å²) in [4.78, 5) is 27.1. The highest BCUT2D eigenvalue weighted by Gasteiger charge is 2.17. The minimum Gasteiger partial charge on any atom is -0.352 e. The quantitative estimate of drug-likeness (QED) is 0.693. The molecule has 1 saturated heterocycles. The summed E-state index contributed by atoms with van der Waals surface area (Å²) in [5, 5.41) is 9.10. The molecule has 0 saturated carbocycles. The third-order valence-electron chi connectivity index (χ3n) is 4.02. The smallest absolute Gasteiger partial charge is 0.251 e. The van der Waals surface area contributed by atoms with Crippen LogP contribution >= 0.6 is 11.8 Å². The molecule has 124 valence electrons. The average molecular weight is 334 g/mol. The fraction of sp³-hybridized carbons (Fsp3) is 0.500. The van der Waals surface area contributed by atoms with Crippen molar-refractivity contribution in [3.8, 4) is 0 Å². The van der Waals surface area contributed by atoms with Gasteiger partial charge in [-0.05, 0) is 31.2 Å². The van der Waals surface area contributed by atoms with Gasteiger partial charge >= 0.3 is 0 Å². The van der Waals surface area contributed by atoms with E-state index in [1.165, 1.54) is 11.8 Å². The Morgan fingerprint density at radius 1 is 1.30 bits per heavy atom. The molecule has 23 heavy (non-hydrogen) atoms. The average Bonchev–Trinajstić information content (AvgIpc) is 2.58. The first-order valence-electron chi connectivity index (χ1n) is 8.00. The number of nitrogens with one attached hydrogen (secondary N) is 3. The fourth-order valence-corrected chi connectivity index (χ4v) is 3.55. The fourth-order valence-electron chi connectivity index (χ4n) is 2.77. The second kappa shape index (κ2) is 7.81. The standard InChI is InChI=1S/C16H22N4O2S/c21-15-11-23-14-3-2-12(10-13(14)19-15)16(22)18-4-1-7-20-8-5-17-6-9-20/h2-3,10,17H,1,4-9,11H2,(H,18,22)(H,19,21). The van der Waals surface area contributed by atoms with Gasteiger partial charge in [0.25, 0.3) is 5.91 Å². The van der Waals surface area contributed by atoms with Crippen LogP contribution < -0.4 is 16.0 Å². The van der Waals surface area contributed by atoms with E-state index in [2.05, 4.69) is 20.9 Å². The first-order chi connectivity index (χ1) is 11.2. The van der Waals surface area contributed by atoms with Crippen molar-refractivity contribution >= 4 is 29.3 Å². The van der Waals surface area contributed by atoms with Gasteiger partial charge in [-0.2, -0.15) is 0 Å². The first-order valence-corrected chi connectivity index (χ1v) is 8.99. The molecule has 3 N–H and O–H groups in total. The predicted octanol–water partition coefficient (Wildman–Crippen LogP) is 0.756. The molecule has 1 aromatic rings. The summed E-state index contributed by atoms with van der Waals surface area (Å²) in [6.45, 7) is 5.93. The number of rotatable bonds is 5. The van der Waals surface area contributed by atoms with Crippen molar-refractivity contribution in [1.29, 1.82) is 0 Å². The Morgan fingerprint density at radius 3 is 2.96 bits per heavy atom. The number of nitrogens with zero attached hydrogens (tertiary/aromatic N) is 1. The van der Waals surface area contributed by atoms with Gasteiger partial charge in [0.1, 0.15) is 0 Å². The topological polar surface area (TPSA) is 73.5 Å². The molecule has 0 unspecified atom stereocenters. The van der Waals surface area contributed by atoms with Crippen molar-refractivity contribution in [1.82, 2.24) is 15.5 Å². The number of amides is 2. The maximum Gasteiger partial charge on any atom is 0.251 e. The maximum atomic E-state index is 12.2. The van der Waals surface area contributed by atoms with Gasteiger partial charge in [0, 0.05) is 43.2 Å². The normalized spacial score (nSPS) is 18.2. The third-order valence-corrected chi connectivity index (χ3v) is 5.09. The van der Waals surface area contributed by atoms with Crippen molar-refractivity contribution in [2.45, 2.75) is 11.3 Å². The molecule has 0 atom stereocenters. The van der Waals surface area contributed by atoms with E-state index in [1.807, 2.05) is 12.1 Å². The van der Waals surface area contributed by atoms with E-state index in [1.54, 1.807) is 6.07 Å². The van der Waals surface area contributed by atoms with Crippen LogP contribution in [0.15, 0.2) is 23.1 Å². The van der Waals surface area contributed by atoms with E-state index in [9.17, 15) is 9.59 Å². The number of piperazine rings is 1. The SMILES string of the molecule is O=C1CSc2ccc(C(=O)NCCCN3CCNCC3)cc2N1. The van der Waals surface area contributed by atoms with Crippen LogP contribution in [-0.2, 0) is 4.79 Å². The molecule has 2 aliphatic rings. The second-order valence-corrected chi connectivity index (χ2v) is 6.77. The van der Waals surface area contributed by atoms with Crippen LogP contribution in [-0.4, -0.2) is 61.7 Å². The zero-order valence-corrected chi connectivity index (χ0v) is 13.9. The number of hydrogen-bond donors (Lipinski definition) is 3. The third kappa shape index (κ3) is 4.46. The lowest BCUT2D eigenvalue weighted by atomic mass is 10.2. The highest BCUT2D eigenvalue weighted by Crippen LogP contribution is 2.31. The van der Waals surface area contributed by atoms with Crippen molar-refractivity contribution < 1.29 is 9.59 Å². The maximum absolute atomic E-state index is 12.2. The van der Waals surface area contributed by atoms with Crippen LogP contribution in [0, 0.1) is 0 Å². The molecule has 0 aromatic heterocycles. The monoisotopic (exact) mass is 334 g/mol. The molecule has 2 amide bonds. The van der Waals surface area contributed by atoms with Crippen LogP contribution in [0.3, 0.4) is 0 Å². The largest absolute Gasteiger partial charge is 0.352 e. The summed E-state index contributed by atoms with van der Waals surface area (Å²) in [6.07, 6.45) is 0.948. The molecule has 2 aliphatic heterocycles. The molecule has 1 aromatic carbocycles. The Hall–Kier alpha value is -1.57. The highest BCUT2D eigenvalue weighted by molar-refractivity contribution is 8.00. The minimum absolute atomic E-state index is 0.0175. The van der Waals surface area contributed by atoms with Crippen molar-refractivity contribution in [3.05, 3.63) is 23.8 Å². The van der Waals surface area contributed by atoms with Crippen LogP contribution in [0.4, 0.5) is 5.69 Å². The summed E-state index contributed by atoms with van der Waals surface area (Å²) in [5.74, 6) is 0.332. The molecular weight excluding hydrogens is 312 g/mol. The molecule has 0 radical (unpaired) electrons. The molecule has 0 aliphatic carbocycles. The molecule has 1 fully saturated rings. The Bertz CT molecular complexity index is 587. The highest BCUT2D eigenvalue weighted by atomic mass is 32.2. The van der Waals surface area contributed by atoms with E-state index < -0.39 is 0 Å². The van der Waals surface area contributed by atoms with Gasteiger partial charge < -0.3 is 20.9 Å². The lowest BCUT2D eigenvalue weighted by Gasteiger charge is -2.27. The Labute approximate surface area is 140 Å². The van der Waals surface area contributed by atoms with Crippen LogP contribution in [0.25, 0.3) is 0 Å². The summed E-state index contributed by atoms with van der Waals surface area (Å²) in [5.41, 5.74) is 1.33. The summed E-state index contributed by atoms with van der Waals surface area (Å²) < 4.78 is 0. The van der Waals surface area contributed by atoms with Crippen molar-refractivity contribution in [2.24, 2.45) is 0 Å². The van der Waals surface area contributed by atoms with Gasteiger partial charge in [0.15, 0.2) is 0 Å². The zero-order valence-electron chi connectivity index (χ0n) is 13.1. The van der Waals surface area contributed by atoms with Crippen LogP contribution in [0.1, 0.15) is 16.8 Å². The van der Waals surface area contributed by atoms with Crippen molar-refractivity contribution in [3.63, 3.8) is 0 Å². The summed E-state index contributed by atoms with van der Waals surface area (Å²) in [6, 6.07) is 5.47. The Morgan fingerprint density at radius 2 is 2.13 bits per heavy atom.